The normalized spacial score (nSPS) is 25.9. The van der Waals surface area contributed by atoms with Crippen LogP contribution in [0, 0.1) is 5.92 Å². The van der Waals surface area contributed by atoms with E-state index in [1.807, 2.05) is 0 Å². The van der Waals surface area contributed by atoms with Gasteiger partial charge in [0, 0.05) is 19.1 Å². The first-order valence-corrected chi connectivity index (χ1v) is 5.81. The predicted molar refractivity (Wildman–Crippen MR) is 62.5 cm³/mol. The summed E-state index contributed by atoms with van der Waals surface area (Å²) in [6, 6.07) is 0.669. The molecule has 0 bridgehead atoms. The number of hydrogen-bond acceptors (Lipinski definition) is 2. The van der Waals surface area contributed by atoms with Crippen LogP contribution in [0.15, 0.2) is 12.2 Å². The molecule has 0 aromatic carbocycles. The molecule has 2 nitrogen and oxygen atoms in total. The summed E-state index contributed by atoms with van der Waals surface area (Å²) in [6.07, 6.45) is 5.67. The van der Waals surface area contributed by atoms with Crippen molar-refractivity contribution in [1.29, 1.82) is 0 Å². The number of hydrogen-bond donors (Lipinski definition) is 1. The zero-order valence-electron chi connectivity index (χ0n) is 9.79. The van der Waals surface area contributed by atoms with Crippen molar-refractivity contribution in [3.8, 4) is 0 Å². The summed E-state index contributed by atoms with van der Waals surface area (Å²) in [4.78, 5) is 2.55. The van der Waals surface area contributed by atoms with Gasteiger partial charge in [0.25, 0.3) is 0 Å². The topological polar surface area (TPSA) is 15.3 Å². The van der Waals surface area contributed by atoms with E-state index < -0.39 is 0 Å². The minimum absolute atomic E-state index is 0.669. The van der Waals surface area contributed by atoms with Gasteiger partial charge in [-0.15, -0.1) is 0 Å². The first kappa shape index (κ1) is 11.7. The van der Waals surface area contributed by atoms with Gasteiger partial charge in [-0.1, -0.05) is 26.0 Å². The maximum Gasteiger partial charge on any atom is 0.0218 e. The van der Waals surface area contributed by atoms with Crippen molar-refractivity contribution < 1.29 is 0 Å². The Labute approximate surface area is 88.4 Å². The molecule has 0 spiro atoms. The van der Waals surface area contributed by atoms with E-state index in [0.717, 1.165) is 12.5 Å². The molecule has 1 heterocycles. The van der Waals surface area contributed by atoms with Crippen molar-refractivity contribution in [2.24, 2.45) is 5.92 Å². The molecule has 1 unspecified atom stereocenters. The highest BCUT2D eigenvalue weighted by atomic mass is 15.2. The van der Waals surface area contributed by atoms with Gasteiger partial charge in [-0.2, -0.15) is 0 Å². The van der Waals surface area contributed by atoms with E-state index in [0.29, 0.717) is 6.04 Å². The lowest BCUT2D eigenvalue weighted by Crippen LogP contribution is -2.41. The van der Waals surface area contributed by atoms with E-state index >= 15 is 0 Å². The molecular weight excluding hydrogens is 172 g/mol. The lowest BCUT2D eigenvalue weighted by atomic mass is 10.0. The molecule has 1 saturated heterocycles. The van der Waals surface area contributed by atoms with Crippen LogP contribution in [0.25, 0.3) is 0 Å². The van der Waals surface area contributed by atoms with Crippen LogP contribution >= 0.6 is 0 Å². The minimum atomic E-state index is 0.669. The molecule has 2 heteroatoms. The van der Waals surface area contributed by atoms with Gasteiger partial charge in [-0.25, -0.2) is 0 Å². The molecule has 1 N–H and O–H groups in total. The molecule has 0 aliphatic carbocycles. The Hall–Kier alpha value is -0.340. The zero-order chi connectivity index (χ0) is 10.4. The third kappa shape index (κ3) is 3.81. The van der Waals surface area contributed by atoms with Crippen LogP contribution in [0.5, 0.6) is 0 Å². The highest BCUT2D eigenvalue weighted by Gasteiger charge is 2.18. The highest BCUT2D eigenvalue weighted by molar-refractivity contribution is 4.85. The largest absolute Gasteiger partial charge is 0.312 e. The molecule has 0 amide bonds. The standard InChI is InChI=1S/C12H24N2/c1-4-5-8-14-9-6-7-13-12(10-14)11(2)3/h4-5,11-13H,6-10H2,1-3H3/b5-4+. The van der Waals surface area contributed by atoms with Crippen LogP contribution in [0.1, 0.15) is 27.2 Å². The number of allylic oxidation sites excluding steroid dienone is 1. The van der Waals surface area contributed by atoms with Crippen molar-refractivity contribution in [3.63, 3.8) is 0 Å². The van der Waals surface area contributed by atoms with E-state index in [4.69, 9.17) is 0 Å². The summed E-state index contributed by atoms with van der Waals surface area (Å²) >= 11 is 0. The van der Waals surface area contributed by atoms with Crippen LogP contribution in [0.4, 0.5) is 0 Å². The Kier molecular flexibility index (Phi) is 5.20. The molecular formula is C12H24N2. The zero-order valence-corrected chi connectivity index (χ0v) is 9.79. The van der Waals surface area contributed by atoms with Gasteiger partial charge in [-0.05, 0) is 32.4 Å². The van der Waals surface area contributed by atoms with Crippen molar-refractivity contribution in [3.05, 3.63) is 12.2 Å². The lowest BCUT2D eigenvalue weighted by molar-refractivity contribution is 0.267. The van der Waals surface area contributed by atoms with Gasteiger partial charge in [0.15, 0.2) is 0 Å². The van der Waals surface area contributed by atoms with E-state index in [1.54, 1.807) is 0 Å². The molecule has 1 aliphatic heterocycles. The first-order valence-electron chi connectivity index (χ1n) is 5.81. The predicted octanol–water partition coefficient (Wildman–Crippen LogP) is 1.88. The Morgan fingerprint density at radius 1 is 1.50 bits per heavy atom. The highest BCUT2D eigenvalue weighted by Crippen LogP contribution is 2.08. The molecule has 1 atom stereocenters. The molecule has 0 radical (unpaired) electrons. The van der Waals surface area contributed by atoms with E-state index in [1.165, 1.54) is 26.1 Å². The fourth-order valence-electron chi connectivity index (χ4n) is 1.89. The molecule has 1 rings (SSSR count). The van der Waals surface area contributed by atoms with Gasteiger partial charge >= 0.3 is 0 Å². The molecule has 0 aromatic heterocycles. The lowest BCUT2D eigenvalue weighted by Gasteiger charge is -2.25. The fourth-order valence-corrected chi connectivity index (χ4v) is 1.89. The van der Waals surface area contributed by atoms with Crippen LogP contribution < -0.4 is 5.32 Å². The minimum Gasteiger partial charge on any atom is -0.312 e. The van der Waals surface area contributed by atoms with Crippen LogP contribution in [-0.2, 0) is 0 Å². The molecule has 82 valence electrons. The summed E-state index contributed by atoms with van der Waals surface area (Å²) in [6.45, 7) is 11.4. The average Bonchev–Trinajstić information content (AvgIpc) is 2.39. The third-order valence-electron chi connectivity index (χ3n) is 2.92. The Morgan fingerprint density at radius 3 is 2.93 bits per heavy atom. The molecule has 14 heavy (non-hydrogen) atoms. The van der Waals surface area contributed by atoms with E-state index in [9.17, 15) is 0 Å². The van der Waals surface area contributed by atoms with Gasteiger partial charge in [0.2, 0.25) is 0 Å². The maximum atomic E-state index is 3.62. The van der Waals surface area contributed by atoms with Gasteiger partial charge in [0.1, 0.15) is 0 Å². The fraction of sp³-hybridized carbons (Fsp3) is 0.833. The summed E-state index contributed by atoms with van der Waals surface area (Å²) in [7, 11) is 0. The monoisotopic (exact) mass is 196 g/mol. The molecule has 1 fully saturated rings. The Balaban J connectivity index is 2.42. The molecule has 1 aliphatic rings. The molecule has 0 saturated carbocycles. The van der Waals surface area contributed by atoms with Crippen LogP contribution in [-0.4, -0.2) is 37.1 Å². The molecule has 0 aromatic rings. The van der Waals surface area contributed by atoms with Gasteiger partial charge in [0.05, 0.1) is 0 Å². The van der Waals surface area contributed by atoms with Crippen molar-refractivity contribution in [1.82, 2.24) is 10.2 Å². The van der Waals surface area contributed by atoms with Crippen molar-refractivity contribution >= 4 is 0 Å². The summed E-state index contributed by atoms with van der Waals surface area (Å²) in [5, 5.41) is 3.62. The summed E-state index contributed by atoms with van der Waals surface area (Å²) in [5.41, 5.74) is 0. The van der Waals surface area contributed by atoms with Crippen molar-refractivity contribution in [2.45, 2.75) is 33.2 Å². The average molecular weight is 196 g/mol. The van der Waals surface area contributed by atoms with Crippen molar-refractivity contribution in [2.75, 3.05) is 26.2 Å². The van der Waals surface area contributed by atoms with Gasteiger partial charge in [-0.3, -0.25) is 4.90 Å². The van der Waals surface area contributed by atoms with E-state index in [2.05, 4.69) is 43.1 Å². The van der Waals surface area contributed by atoms with Crippen LogP contribution in [0.3, 0.4) is 0 Å². The summed E-state index contributed by atoms with van der Waals surface area (Å²) in [5.74, 6) is 0.737. The first-order chi connectivity index (χ1) is 6.74. The SMILES string of the molecule is C/C=C/CN1CCCNC(C(C)C)C1. The summed E-state index contributed by atoms with van der Waals surface area (Å²) < 4.78 is 0. The van der Waals surface area contributed by atoms with E-state index in [-0.39, 0.29) is 0 Å². The number of rotatable bonds is 3. The second kappa shape index (κ2) is 6.20. The quantitative estimate of drug-likeness (QED) is 0.693. The Morgan fingerprint density at radius 2 is 2.29 bits per heavy atom. The second-order valence-electron chi connectivity index (χ2n) is 4.49. The number of nitrogens with zero attached hydrogens (tertiary/aromatic N) is 1. The number of nitrogens with one attached hydrogen (secondary N) is 1. The smallest absolute Gasteiger partial charge is 0.0218 e. The van der Waals surface area contributed by atoms with Gasteiger partial charge < -0.3 is 5.32 Å². The third-order valence-corrected chi connectivity index (χ3v) is 2.92. The second-order valence-corrected chi connectivity index (χ2v) is 4.49. The maximum absolute atomic E-state index is 3.62. The van der Waals surface area contributed by atoms with Crippen LogP contribution in [0.2, 0.25) is 0 Å². The Bertz CT molecular complexity index is 175.